The van der Waals surface area contributed by atoms with Gasteiger partial charge in [-0.25, -0.2) is 4.98 Å². The molecule has 0 aliphatic carbocycles. The smallest absolute Gasteiger partial charge is 0.198 e. The van der Waals surface area contributed by atoms with Crippen LogP contribution in [0.5, 0.6) is 0 Å². The Balaban J connectivity index is 2.40. The minimum atomic E-state index is 0.488. The molecule has 0 aliphatic rings. The highest BCUT2D eigenvalue weighted by atomic mass is 15.0. The number of nitrogen functional groups attached to an aromatic ring is 1. The van der Waals surface area contributed by atoms with E-state index >= 15 is 0 Å². The summed E-state index contributed by atoms with van der Waals surface area (Å²) in [4.78, 5) is 7.19. The van der Waals surface area contributed by atoms with Crippen LogP contribution in [0, 0.1) is 5.92 Å². The lowest BCUT2D eigenvalue weighted by molar-refractivity contribution is 0.648. The summed E-state index contributed by atoms with van der Waals surface area (Å²) in [6, 6.07) is 6.25. The molecule has 3 heteroatoms. The Bertz CT molecular complexity index is 443. The molecular formula is C11H15N3. The van der Waals surface area contributed by atoms with Crippen LogP contribution in [-0.2, 0) is 6.42 Å². The molecule has 0 aliphatic heterocycles. The zero-order chi connectivity index (χ0) is 10.1. The van der Waals surface area contributed by atoms with Crippen molar-refractivity contribution in [3.63, 3.8) is 0 Å². The van der Waals surface area contributed by atoms with Crippen molar-refractivity contribution in [3.05, 3.63) is 23.8 Å². The van der Waals surface area contributed by atoms with E-state index in [-0.39, 0.29) is 0 Å². The van der Waals surface area contributed by atoms with Crippen molar-refractivity contribution in [1.29, 1.82) is 0 Å². The Kier molecular flexibility index (Phi) is 2.15. The molecule has 0 saturated carbocycles. The molecule has 2 rings (SSSR count). The standard InChI is InChI=1S/C11H15N3/c1-7(2)5-8-3-4-9-10(6-8)14-11(12)13-9/h3-4,6-7H,5H2,1-2H3,(H3,12,13,14). The second-order valence-corrected chi connectivity index (χ2v) is 4.07. The molecule has 3 N–H and O–H groups in total. The number of nitrogens with two attached hydrogens (primary N) is 1. The highest BCUT2D eigenvalue weighted by molar-refractivity contribution is 5.77. The largest absolute Gasteiger partial charge is 0.369 e. The van der Waals surface area contributed by atoms with Crippen LogP contribution in [0.15, 0.2) is 18.2 Å². The number of hydrogen-bond acceptors (Lipinski definition) is 2. The third-order valence-corrected chi connectivity index (χ3v) is 2.21. The molecule has 0 radical (unpaired) electrons. The number of H-pyrrole nitrogens is 1. The summed E-state index contributed by atoms with van der Waals surface area (Å²) in [7, 11) is 0. The van der Waals surface area contributed by atoms with E-state index in [4.69, 9.17) is 5.73 Å². The summed E-state index contributed by atoms with van der Waals surface area (Å²) >= 11 is 0. The maximum Gasteiger partial charge on any atom is 0.198 e. The number of rotatable bonds is 2. The van der Waals surface area contributed by atoms with Crippen molar-refractivity contribution in [2.75, 3.05) is 5.73 Å². The summed E-state index contributed by atoms with van der Waals surface area (Å²) in [5.41, 5.74) is 8.87. The Morgan fingerprint density at radius 3 is 2.93 bits per heavy atom. The lowest BCUT2D eigenvalue weighted by atomic mass is 10.0. The van der Waals surface area contributed by atoms with Gasteiger partial charge in [-0.3, -0.25) is 0 Å². The van der Waals surface area contributed by atoms with Crippen molar-refractivity contribution in [1.82, 2.24) is 9.97 Å². The third kappa shape index (κ3) is 1.71. The van der Waals surface area contributed by atoms with E-state index in [0.717, 1.165) is 17.5 Å². The number of aromatic nitrogens is 2. The molecular weight excluding hydrogens is 174 g/mol. The van der Waals surface area contributed by atoms with E-state index in [1.165, 1.54) is 5.56 Å². The van der Waals surface area contributed by atoms with Crippen molar-refractivity contribution in [2.24, 2.45) is 5.92 Å². The maximum absolute atomic E-state index is 5.58. The molecule has 1 heterocycles. The number of nitrogens with one attached hydrogen (secondary N) is 1. The second-order valence-electron chi connectivity index (χ2n) is 4.07. The molecule has 2 aromatic rings. The molecule has 74 valence electrons. The van der Waals surface area contributed by atoms with E-state index in [1.807, 2.05) is 6.07 Å². The van der Waals surface area contributed by atoms with Gasteiger partial charge in [0.2, 0.25) is 0 Å². The number of imidazole rings is 1. The molecule has 0 spiro atoms. The van der Waals surface area contributed by atoms with Crippen LogP contribution in [0.4, 0.5) is 5.95 Å². The summed E-state index contributed by atoms with van der Waals surface area (Å²) in [5, 5.41) is 0. The van der Waals surface area contributed by atoms with Crippen molar-refractivity contribution < 1.29 is 0 Å². The molecule has 0 atom stereocenters. The zero-order valence-electron chi connectivity index (χ0n) is 8.54. The van der Waals surface area contributed by atoms with Gasteiger partial charge in [0.05, 0.1) is 11.0 Å². The average molecular weight is 189 g/mol. The lowest BCUT2D eigenvalue weighted by Crippen LogP contribution is -1.93. The van der Waals surface area contributed by atoms with Gasteiger partial charge < -0.3 is 10.7 Å². The van der Waals surface area contributed by atoms with Crippen LogP contribution in [0.25, 0.3) is 11.0 Å². The van der Waals surface area contributed by atoms with Crippen LogP contribution in [0.3, 0.4) is 0 Å². The predicted octanol–water partition coefficient (Wildman–Crippen LogP) is 2.34. The van der Waals surface area contributed by atoms with Gasteiger partial charge in [0.1, 0.15) is 0 Å². The second kappa shape index (κ2) is 3.33. The monoisotopic (exact) mass is 189 g/mol. The average Bonchev–Trinajstić information content (AvgIpc) is 2.42. The van der Waals surface area contributed by atoms with Gasteiger partial charge in [0.25, 0.3) is 0 Å². The Morgan fingerprint density at radius 1 is 1.43 bits per heavy atom. The molecule has 0 amide bonds. The first-order valence-electron chi connectivity index (χ1n) is 4.89. The van der Waals surface area contributed by atoms with Gasteiger partial charge in [0.15, 0.2) is 5.95 Å². The lowest BCUT2D eigenvalue weighted by Gasteiger charge is -2.03. The minimum absolute atomic E-state index is 0.488. The molecule has 0 bridgehead atoms. The summed E-state index contributed by atoms with van der Waals surface area (Å²) in [5.74, 6) is 1.16. The summed E-state index contributed by atoms with van der Waals surface area (Å²) < 4.78 is 0. The Morgan fingerprint density at radius 2 is 2.21 bits per heavy atom. The van der Waals surface area contributed by atoms with Crippen molar-refractivity contribution in [3.8, 4) is 0 Å². The van der Waals surface area contributed by atoms with E-state index in [9.17, 15) is 0 Å². The first kappa shape index (κ1) is 9.06. The van der Waals surface area contributed by atoms with E-state index in [2.05, 4.69) is 35.9 Å². The number of hydrogen-bond donors (Lipinski definition) is 2. The normalized spacial score (nSPS) is 11.4. The molecule has 14 heavy (non-hydrogen) atoms. The Hall–Kier alpha value is -1.51. The van der Waals surface area contributed by atoms with Crippen LogP contribution in [0.2, 0.25) is 0 Å². The third-order valence-electron chi connectivity index (χ3n) is 2.21. The number of benzene rings is 1. The summed E-state index contributed by atoms with van der Waals surface area (Å²) in [6.45, 7) is 4.43. The number of nitrogens with zero attached hydrogens (tertiary/aromatic N) is 1. The number of aromatic amines is 1. The quantitative estimate of drug-likeness (QED) is 0.761. The fourth-order valence-electron chi connectivity index (χ4n) is 1.67. The topological polar surface area (TPSA) is 54.7 Å². The van der Waals surface area contributed by atoms with Gasteiger partial charge in [-0.2, -0.15) is 0 Å². The predicted molar refractivity (Wildman–Crippen MR) is 59.0 cm³/mol. The zero-order valence-corrected chi connectivity index (χ0v) is 8.54. The SMILES string of the molecule is CC(C)Cc1ccc2nc(N)[nH]c2c1. The molecule has 0 saturated heterocycles. The number of fused-ring (bicyclic) bond motifs is 1. The fourth-order valence-corrected chi connectivity index (χ4v) is 1.67. The van der Waals surface area contributed by atoms with Crippen LogP contribution >= 0.6 is 0 Å². The van der Waals surface area contributed by atoms with Crippen LogP contribution < -0.4 is 5.73 Å². The van der Waals surface area contributed by atoms with E-state index in [1.54, 1.807) is 0 Å². The van der Waals surface area contributed by atoms with Crippen LogP contribution in [0.1, 0.15) is 19.4 Å². The van der Waals surface area contributed by atoms with E-state index in [0.29, 0.717) is 11.9 Å². The van der Waals surface area contributed by atoms with Gasteiger partial charge in [-0.15, -0.1) is 0 Å². The van der Waals surface area contributed by atoms with Gasteiger partial charge in [-0.1, -0.05) is 19.9 Å². The summed E-state index contributed by atoms with van der Waals surface area (Å²) in [6.07, 6.45) is 1.09. The number of anilines is 1. The highest BCUT2D eigenvalue weighted by Gasteiger charge is 2.02. The van der Waals surface area contributed by atoms with Gasteiger partial charge >= 0.3 is 0 Å². The van der Waals surface area contributed by atoms with Crippen molar-refractivity contribution in [2.45, 2.75) is 20.3 Å². The molecule has 0 unspecified atom stereocenters. The fraction of sp³-hybridized carbons (Fsp3) is 0.364. The van der Waals surface area contributed by atoms with E-state index < -0.39 is 0 Å². The molecule has 1 aromatic carbocycles. The first-order valence-corrected chi connectivity index (χ1v) is 4.89. The van der Waals surface area contributed by atoms with Crippen LogP contribution in [-0.4, -0.2) is 9.97 Å². The first-order chi connectivity index (χ1) is 6.65. The van der Waals surface area contributed by atoms with Crippen molar-refractivity contribution >= 4 is 17.0 Å². The molecule has 3 nitrogen and oxygen atoms in total. The Labute approximate surface area is 83.3 Å². The van der Waals surface area contributed by atoms with Gasteiger partial charge in [0, 0.05) is 0 Å². The maximum atomic E-state index is 5.58. The minimum Gasteiger partial charge on any atom is -0.369 e. The highest BCUT2D eigenvalue weighted by Crippen LogP contribution is 2.16. The van der Waals surface area contributed by atoms with Gasteiger partial charge in [-0.05, 0) is 30.0 Å². The molecule has 0 fully saturated rings. The molecule has 1 aromatic heterocycles.